The monoisotopic (exact) mass is 482 g/mol. The van der Waals surface area contributed by atoms with Crippen LogP contribution in [0.3, 0.4) is 0 Å². The van der Waals surface area contributed by atoms with Gasteiger partial charge in [-0.3, -0.25) is 14.0 Å². The zero-order valence-corrected chi connectivity index (χ0v) is 20.2. The second kappa shape index (κ2) is 9.64. The topological polar surface area (TPSA) is 68.9 Å². The number of piperidine rings is 1. The van der Waals surface area contributed by atoms with Gasteiger partial charge in [-0.15, -0.1) is 0 Å². The summed E-state index contributed by atoms with van der Waals surface area (Å²) in [5.41, 5.74) is 0.444. The number of carbonyl (C=O) groups is 1. The van der Waals surface area contributed by atoms with Crippen molar-refractivity contribution in [3.63, 3.8) is 0 Å². The molecule has 33 heavy (non-hydrogen) atoms. The summed E-state index contributed by atoms with van der Waals surface area (Å²) in [4.78, 5) is 29.8. The summed E-state index contributed by atoms with van der Waals surface area (Å²) in [5, 5.41) is -0.000447. The molecule has 0 N–H and O–H groups in total. The number of rotatable bonds is 4. The molecule has 2 aliphatic heterocycles. The fourth-order valence-electron chi connectivity index (χ4n) is 4.54. The lowest BCUT2D eigenvalue weighted by molar-refractivity contribution is 0.0188. The Kier molecular flexibility index (Phi) is 7.02. The van der Waals surface area contributed by atoms with Gasteiger partial charge in [-0.1, -0.05) is 11.6 Å². The van der Waals surface area contributed by atoms with Crippen LogP contribution in [0, 0.1) is 5.82 Å². The van der Waals surface area contributed by atoms with E-state index in [4.69, 9.17) is 21.1 Å². The predicted molar refractivity (Wildman–Crippen MR) is 125 cm³/mol. The van der Waals surface area contributed by atoms with Gasteiger partial charge in [0.25, 0.3) is 0 Å². The Morgan fingerprint density at radius 2 is 1.79 bits per heavy atom. The number of benzene rings is 1. The van der Waals surface area contributed by atoms with Crippen LogP contribution in [-0.4, -0.2) is 76.6 Å². The maximum absolute atomic E-state index is 14.4. The molecule has 8 nitrogen and oxygen atoms in total. The zero-order chi connectivity index (χ0) is 23.8. The minimum absolute atomic E-state index is 0.000447. The Balaban J connectivity index is 1.57. The molecule has 0 radical (unpaired) electrons. The number of hydrogen-bond donors (Lipinski definition) is 0. The van der Waals surface area contributed by atoms with Crippen LogP contribution in [0.4, 0.5) is 9.18 Å². The van der Waals surface area contributed by atoms with Crippen LogP contribution in [0.25, 0.3) is 11.0 Å². The second-order valence-electron chi connectivity index (χ2n) is 9.71. The molecule has 2 aromatic rings. The molecule has 1 amide bonds. The third-order valence-electron chi connectivity index (χ3n) is 6.23. The number of fused-ring (bicyclic) bond motifs is 1. The van der Waals surface area contributed by atoms with Crippen molar-refractivity contribution >= 4 is 28.7 Å². The first kappa shape index (κ1) is 24.0. The summed E-state index contributed by atoms with van der Waals surface area (Å²) in [6.07, 6.45) is 0.830. The summed E-state index contributed by atoms with van der Waals surface area (Å²) in [5.74, 6) is -0.547. The van der Waals surface area contributed by atoms with Gasteiger partial charge in [-0.2, -0.15) is 0 Å². The molecule has 0 unspecified atom stereocenters. The molecule has 1 aromatic carbocycles. The van der Waals surface area contributed by atoms with Crippen LogP contribution >= 0.6 is 11.6 Å². The molecule has 1 aromatic heterocycles. The summed E-state index contributed by atoms with van der Waals surface area (Å²) in [6.45, 7) is 10.7. The fourth-order valence-corrected chi connectivity index (χ4v) is 4.70. The van der Waals surface area contributed by atoms with Gasteiger partial charge in [0.15, 0.2) is 0 Å². The van der Waals surface area contributed by atoms with Crippen molar-refractivity contribution in [1.82, 2.24) is 18.9 Å². The first-order chi connectivity index (χ1) is 15.6. The third kappa shape index (κ3) is 5.36. The number of morpholine rings is 1. The van der Waals surface area contributed by atoms with E-state index < -0.39 is 11.4 Å². The molecule has 2 aliphatic rings. The highest BCUT2D eigenvalue weighted by molar-refractivity contribution is 6.31. The molecule has 10 heteroatoms. The highest BCUT2D eigenvalue weighted by atomic mass is 35.5. The van der Waals surface area contributed by atoms with Gasteiger partial charge in [0.1, 0.15) is 11.4 Å². The van der Waals surface area contributed by atoms with E-state index in [9.17, 15) is 14.0 Å². The summed E-state index contributed by atoms with van der Waals surface area (Å²) in [6, 6.07) is 2.76. The highest BCUT2D eigenvalue weighted by Gasteiger charge is 2.30. The minimum Gasteiger partial charge on any atom is -0.444 e. The van der Waals surface area contributed by atoms with Crippen LogP contribution in [0.2, 0.25) is 5.02 Å². The van der Waals surface area contributed by atoms with E-state index >= 15 is 0 Å². The average molecular weight is 483 g/mol. The molecule has 0 aliphatic carbocycles. The van der Waals surface area contributed by atoms with Crippen molar-refractivity contribution < 1.29 is 18.7 Å². The molecule has 182 valence electrons. The number of halogens is 2. The molecular formula is C23H32ClFN4O4. The number of amides is 1. The van der Waals surface area contributed by atoms with Crippen LogP contribution in [-0.2, 0) is 16.0 Å². The van der Waals surface area contributed by atoms with Crippen molar-refractivity contribution in [1.29, 1.82) is 0 Å². The fraction of sp³-hybridized carbons (Fsp3) is 0.652. The van der Waals surface area contributed by atoms with E-state index in [-0.39, 0.29) is 22.8 Å². The lowest BCUT2D eigenvalue weighted by Gasteiger charge is -2.33. The molecule has 0 bridgehead atoms. The number of nitrogens with zero attached hydrogens (tertiary/aromatic N) is 4. The Hall–Kier alpha value is -2.10. The van der Waals surface area contributed by atoms with Gasteiger partial charge in [-0.25, -0.2) is 14.0 Å². The van der Waals surface area contributed by atoms with E-state index in [1.54, 1.807) is 20.1 Å². The van der Waals surface area contributed by atoms with Crippen molar-refractivity contribution in [3.05, 3.63) is 33.5 Å². The number of imidazole rings is 1. The third-order valence-corrected chi connectivity index (χ3v) is 6.52. The molecule has 0 atom stereocenters. The first-order valence-electron chi connectivity index (χ1n) is 11.5. The van der Waals surface area contributed by atoms with Crippen LogP contribution in [0.1, 0.15) is 39.7 Å². The number of carbonyl (C=O) groups excluding carboxylic acids is 1. The molecule has 2 fully saturated rings. The molecule has 3 heterocycles. The molecule has 4 rings (SSSR count). The van der Waals surface area contributed by atoms with Crippen LogP contribution in [0.5, 0.6) is 0 Å². The van der Waals surface area contributed by atoms with E-state index in [2.05, 4.69) is 4.90 Å². The maximum Gasteiger partial charge on any atom is 0.410 e. The Bertz CT molecular complexity index is 1060. The number of ether oxygens (including phenoxy) is 2. The lowest BCUT2D eigenvalue weighted by Crippen LogP contribution is -2.43. The van der Waals surface area contributed by atoms with E-state index in [0.717, 1.165) is 13.1 Å². The van der Waals surface area contributed by atoms with Crippen molar-refractivity contribution in [2.75, 3.05) is 45.9 Å². The van der Waals surface area contributed by atoms with Gasteiger partial charge < -0.3 is 14.4 Å². The van der Waals surface area contributed by atoms with Gasteiger partial charge in [0.05, 0.1) is 29.3 Å². The van der Waals surface area contributed by atoms with Crippen molar-refractivity contribution in [2.24, 2.45) is 0 Å². The zero-order valence-electron chi connectivity index (χ0n) is 19.5. The minimum atomic E-state index is -0.560. The summed E-state index contributed by atoms with van der Waals surface area (Å²) < 4.78 is 28.6. The molecule has 0 spiro atoms. The van der Waals surface area contributed by atoms with Crippen LogP contribution < -0.4 is 5.69 Å². The molecule has 0 saturated carbocycles. The quantitative estimate of drug-likeness (QED) is 0.667. The van der Waals surface area contributed by atoms with Crippen molar-refractivity contribution in [3.8, 4) is 0 Å². The summed E-state index contributed by atoms with van der Waals surface area (Å²) >= 11 is 6.08. The van der Waals surface area contributed by atoms with E-state index in [1.807, 2.05) is 20.8 Å². The highest BCUT2D eigenvalue weighted by Crippen LogP contribution is 2.29. The lowest BCUT2D eigenvalue weighted by atomic mass is 10.0. The van der Waals surface area contributed by atoms with Gasteiger partial charge in [-0.05, 0) is 39.7 Å². The Labute approximate surface area is 197 Å². The largest absolute Gasteiger partial charge is 0.444 e. The maximum atomic E-state index is 14.4. The predicted octanol–water partition coefficient (Wildman–Crippen LogP) is 3.50. The van der Waals surface area contributed by atoms with E-state index in [0.29, 0.717) is 63.3 Å². The Morgan fingerprint density at radius 3 is 2.42 bits per heavy atom. The number of aromatic nitrogens is 2. The van der Waals surface area contributed by atoms with Gasteiger partial charge in [0.2, 0.25) is 0 Å². The standard InChI is InChI=1S/C23H32ClFN4O4/c1-23(2,3)33-22(31)27-6-4-16(5-7-27)29-20-15-18(25)17(24)14-19(20)28(21(29)30)9-8-26-10-12-32-13-11-26/h14-16H,4-13H2,1-3H3. The second-order valence-corrected chi connectivity index (χ2v) is 10.1. The summed E-state index contributed by atoms with van der Waals surface area (Å²) in [7, 11) is 0. The SMILES string of the molecule is CC(C)(C)OC(=O)N1CCC(n2c(=O)n(CCN3CCOCC3)c3cc(Cl)c(F)cc32)CC1. The Morgan fingerprint density at radius 1 is 1.12 bits per heavy atom. The number of likely N-dealkylation sites (tertiary alicyclic amines) is 1. The average Bonchev–Trinajstić information content (AvgIpc) is 3.02. The van der Waals surface area contributed by atoms with Gasteiger partial charge in [0, 0.05) is 51.4 Å². The number of hydrogen-bond acceptors (Lipinski definition) is 5. The van der Waals surface area contributed by atoms with Crippen LogP contribution in [0.15, 0.2) is 16.9 Å². The smallest absolute Gasteiger partial charge is 0.410 e. The molecular weight excluding hydrogens is 451 g/mol. The van der Waals surface area contributed by atoms with Crippen molar-refractivity contribution in [2.45, 2.75) is 51.8 Å². The molecule has 2 saturated heterocycles. The normalized spacial score (nSPS) is 18.8. The first-order valence-corrected chi connectivity index (χ1v) is 11.9. The van der Waals surface area contributed by atoms with Gasteiger partial charge >= 0.3 is 11.8 Å². The van der Waals surface area contributed by atoms with E-state index in [1.165, 1.54) is 6.07 Å².